The molecule has 3 aliphatic rings. The smallest absolute Gasteiger partial charge is 0.259 e. The Labute approximate surface area is 160 Å². The van der Waals surface area contributed by atoms with Crippen molar-refractivity contribution in [3.8, 4) is 0 Å². The van der Waals surface area contributed by atoms with Crippen molar-refractivity contribution in [1.82, 2.24) is 5.32 Å². The molecule has 2 fully saturated rings. The van der Waals surface area contributed by atoms with E-state index in [1.54, 1.807) is 0 Å². The highest BCUT2D eigenvalue weighted by Crippen LogP contribution is 2.46. The van der Waals surface area contributed by atoms with Gasteiger partial charge in [0.1, 0.15) is 0 Å². The lowest BCUT2D eigenvalue weighted by Gasteiger charge is -2.33. The summed E-state index contributed by atoms with van der Waals surface area (Å²) < 4.78 is 0. The number of carbonyl (C=O) groups excluding carboxylic acids is 2. The molecule has 1 heterocycles. The molecule has 1 N–H and O–H groups in total. The fourth-order valence-electron chi connectivity index (χ4n) is 5.73. The Balaban J connectivity index is 1.80. The fraction of sp³-hybridized carbons (Fsp3) is 0.500. The first-order valence-corrected chi connectivity index (χ1v) is 10.7. The Morgan fingerprint density at radius 3 is 2.15 bits per heavy atom. The molecule has 0 aromatic heterocycles. The van der Waals surface area contributed by atoms with E-state index in [-0.39, 0.29) is 11.8 Å². The van der Waals surface area contributed by atoms with Crippen LogP contribution in [0.2, 0.25) is 0 Å². The Morgan fingerprint density at radius 1 is 0.778 bits per heavy atom. The molecule has 0 radical (unpaired) electrons. The van der Waals surface area contributed by atoms with Gasteiger partial charge in [-0.25, -0.2) is 0 Å². The van der Waals surface area contributed by atoms with E-state index in [9.17, 15) is 9.59 Å². The molecule has 0 bridgehead atoms. The Morgan fingerprint density at radius 2 is 1.44 bits per heavy atom. The van der Waals surface area contributed by atoms with Crippen molar-refractivity contribution in [2.75, 3.05) is 0 Å². The third kappa shape index (κ3) is 2.79. The maximum absolute atomic E-state index is 13.0. The first-order valence-electron chi connectivity index (χ1n) is 10.7. The van der Waals surface area contributed by atoms with E-state index in [1.165, 1.54) is 75.3 Å². The average Bonchev–Trinajstić information content (AvgIpc) is 2.72. The molecule has 0 unspecified atom stereocenters. The average molecular weight is 361 g/mol. The number of carbonyl (C=O) groups is 2. The summed E-state index contributed by atoms with van der Waals surface area (Å²) >= 11 is 0. The van der Waals surface area contributed by atoms with E-state index in [0.29, 0.717) is 17.4 Å². The highest BCUT2D eigenvalue weighted by molar-refractivity contribution is 6.26. The highest BCUT2D eigenvalue weighted by atomic mass is 16.2. The van der Waals surface area contributed by atoms with Crippen LogP contribution in [0.15, 0.2) is 24.3 Å². The van der Waals surface area contributed by atoms with Crippen molar-refractivity contribution >= 4 is 22.6 Å². The monoisotopic (exact) mass is 361 g/mol. The third-order valence-corrected chi connectivity index (χ3v) is 7.00. The maximum atomic E-state index is 13.0. The van der Waals surface area contributed by atoms with Gasteiger partial charge in [-0.2, -0.15) is 0 Å². The van der Waals surface area contributed by atoms with Gasteiger partial charge in [-0.3, -0.25) is 14.9 Å². The molecule has 3 nitrogen and oxygen atoms in total. The number of hydrogen-bond acceptors (Lipinski definition) is 2. The van der Waals surface area contributed by atoms with E-state index >= 15 is 0 Å². The van der Waals surface area contributed by atoms with E-state index < -0.39 is 0 Å². The minimum absolute atomic E-state index is 0.179. The van der Waals surface area contributed by atoms with Crippen LogP contribution in [0, 0.1) is 0 Å². The molecule has 2 saturated carbocycles. The van der Waals surface area contributed by atoms with Crippen LogP contribution in [-0.2, 0) is 0 Å². The van der Waals surface area contributed by atoms with Crippen LogP contribution in [0.3, 0.4) is 0 Å². The number of hydrogen-bond donors (Lipinski definition) is 1. The quantitative estimate of drug-likeness (QED) is 0.685. The van der Waals surface area contributed by atoms with Gasteiger partial charge in [-0.1, -0.05) is 56.7 Å². The minimum Gasteiger partial charge on any atom is -0.288 e. The van der Waals surface area contributed by atoms with E-state index in [0.717, 1.165) is 16.3 Å². The molecule has 1 aliphatic heterocycles. The van der Waals surface area contributed by atoms with Gasteiger partial charge in [-0.05, 0) is 60.1 Å². The summed E-state index contributed by atoms with van der Waals surface area (Å²) in [7, 11) is 0. The maximum Gasteiger partial charge on any atom is 0.259 e. The molecule has 2 aromatic rings. The van der Waals surface area contributed by atoms with Crippen LogP contribution in [0.5, 0.6) is 0 Å². The predicted octanol–water partition coefficient (Wildman–Crippen LogP) is 5.82. The van der Waals surface area contributed by atoms with Gasteiger partial charge in [0.15, 0.2) is 0 Å². The third-order valence-electron chi connectivity index (χ3n) is 7.00. The summed E-state index contributed by atoms with van der Waals surface area (Å²) in [5, 5.41) is 4.58. The summed E-state index contributed by atoms with van der Waals surface area (Å²) in [6.07, 6.45) is 12.5. The zero-order valence-electron chi connectivity index (χ0n) is 15.9. The van der Waals surface area contributed by atoms with Crippen molar-refractivity contribution in [1.29, 1.82) is 0 Å². The Bertz CT molecular complexity index is 918. The number of benzene rings is 2. The number of imide groups is 1. The SMILES string of the molecule is O=C1NC(=O)c2c(C3CCCCC3)c(C3CCCCC3)cc3cccc1c23. The lowest BCUT2D eigenvalue weighted by molar-refractivity contribution is 0.0843. The molecule has 0 atom stereocenters. The second kappa shape index (κ2) is 6.78. The van der Waals surface area contributed by atoms with E-state index in [2.05, 4.69) is 17.4 Å². The van der Waals surface area contributed by atoms with Crippen LogP contribution >= 0.6 is 0 Å². The van der Waals surface area contributed by atoms with Crippen LogP contribution in [0.1, 0.15) is 108 Å². The topological polar surface area (TPSA) is 46.2 Å². The van der Waals surface area contributed by atoms with Crippen LogP contribution in [-0.4, -0.2) is 11.8 Å². The molecule has 5 rings (SSSR count). The van der Waals surface area contributed by atoms with Crippen molar-refractivity contribution in [2.45, 2.75) is 76.0 Å². The number of rotatable bonds is 2. The standard InChI is InChI=1S/C24H27NO2/c26-23-18-13-7-12-17-14-19(15-8-3-1-4-9-15)20(16-10-5-2-6-11-16)22(21(17)18)24(27)25-23/h7,12-16H,1-6,8-11H2,(H,25,26,27). The van der Waals surface area contributed by atoms with Gasteiger partial charge >= 0.3 is 0 Å². The first-order chi connectivity index (χ1) is 13.2. The molecule has 0 spiro atoms. The zero-order valence-corrected chi connectivity index (χ0v) is 15.9. The second-order valence-electron chi connectivity index (χ2n) is 8.61. The molecule has 3 heteroatoms. The minimum atomic E-state index is -0.252. The summed E-state index contributed by atoms with van der Waals surface area (Å²) in [6.45, 7) is 0. The summed E-state index contributed by atoms with van der Waals surface area (Å²) in [4.78, 5) is 25.5. The number of nitrogens with one attached hydrogen (secondary N) is 1. The van der Waals surface area contributed by atoms with Crippen molar-refractivity contribution in [2.24, 2.45) is 0 Å². The van der Waals surface area contributed by atoms with E-state index in [4.69, 9.17) is 0 Å². The van der Waals surface area contributed by atoms with Crippen molar-refractivity contribution in [3.63, 3.8) is 0 Å². The van der Waals surface area contributed by atoms with Gasteiger partial charge < -0.3 is 0 Å². The zero-order chi connectivity index (χ0) is 18.4. The molecule has 0 saturated heterocycles. The molecule has 2 aliphatic carbocycles. The summed E-state index contributed by atoms with van der Waals surface area (Å²) in [5.41, 5.74) is 4.17. The molecule has 140 valence electrons. The first kappa shape index (κ1) is 17.0. The summed E-state index contributed by atoms with van der Waals surface area (Å²) in [6, 6.07) is 8.21. The number of amides is 2. The Kier molecular flexibility index (Phi) is 4.26. The van der Waals surface area contributed by atoms with Gasteiger partial charge in [0.25, 0.3) is 11.8 Å². The van der Waals surface area contributed by atoms with Gasteiger partial charge in [-0.15, -0.1) is 0 Å². The van der Waals surface area contributed by atoms with Crippen molar-refractivity contribution in [3.05, 3.63) is 46.5 Å². The largest absolute Gasteiger partial charge is 0.288 e. The molecule has 2 aromatic carbocycles. The Hall–Kier alpha value is -2.16. The van der Waals surface area contributed by atoms with Gasteiger partial charge in [0, 0.05) is 10.9 Å². The second-order valence-corrected chi connectivity index (χ2v) is 8.61. The van der Waals surface area contributed by atoms with Gasteiger partial charge in [0.05, 0.1) is 5.56 Å². The normalized spacial score (nSPS) is 21.5. The molecule has 2 amide bonds. The van der Waals surface area contributed by atoms with Crippen LogP contribution in [0.25, 0.3) is 10.8 Å². The molecular formula is C24H27NO2. The lowest BCUT2D eigenvalue weighted by atomic mass is 9.72. The molecular weight excluding hydrogens is 334 g/mol. The van der Waals surface area contributed by atoms with Crippen molar-refractivity contribution < 1.29 is 9.59 Å². The molecule has 27 heavy (non-hydrogen) atoms. The predicted molar refractivity (Wildman–Crippen MR) is 107 cm³/mol. The van der Waals surface area contributed by atoms with Crippen LogP contribution in [0.4, 0.5) is 0 Å². The fourth-order valence-corrected chi connectivity index (χ4v) is 5.73. The lowest BCUT2D eigenvalue weighted by Crippen LogP contribution is -2.36. The summed E-state index contributed by atoms with van der Waals surface area (Å²) in [5.74, 6) is 0.590. The highest BCUT2D eigenvalue weighted by Gasteiger charge is 2.34. The van der Waals surface area contributed by atoms with Gasteiger partial charge in [0.2, 0.25) is 0 Å². The van der Waals surface area contributed by atoms with E-state index in [1.807, 2.05) is 12.1 Å². The van der Waals surface area contributed by atoms with Crippen LogP contribution < -0.4 is 5.32 Å².